The van der Waals surface area contributed by atoms with Crippen LogP contribution in [0.2, 0.25) is 0 Å². The van der Waals surface area contributed by atoms with Crippen LogP contribution in [0.3, 0.4) is 0 Å². The fraction of sp³-hybridized carbons (Fsp3) is 0.500. The fourth-order valence-electron chi connectivity index (χ4n) is 1.88. The van der Waals surface area contributed by atoms with Crippen LogP contribution in [-0.2, 0) is 0 Å². The van der Waals surface area contributed by atoms with Crippen molar-refractivity contribution in [2.45, 2.75) is 34.1 Å². The minimum atomic E-state index is 0.481. The van der Waals surface area contributed by atoms with E-state index in [1.807, 2.05) is 29.6 Å². The van der Waals surface area contributed by atoms with Crippen LogP contribution >= 0.6 is 23.5 Å². The van der Waals surface area contributed by atoms with Crippen molar-refractivity contribution in [3.63, 3.8) is 0 Å². The van der Waals surface area contributed by atoms with E-state index in [1.54, 1.807) is 0 Å². The zero-order valence-corrected chi connectivity index (χ0v) is 11.0. The number of rotatable bonds is 0. The van der Waals surface area contributed by atoms with Gasteiger partial charge in [-0.2, -0.15) is 0 Å². The largest absolute Gasteiger partial charge is 0.488 e. The lowest BCUT2D eigenvalue weighted by Crippen LogP contribution is -2.09. The zero-order valence-electron chi connectivity index (χ0n) is 9.36. The van der Waals surface area contributed by atoms with E-state index in [9.17, 15) is 0 Å². The molecule has 2 nitrogen and oxygen atoms in total. The van der Waals surface area contributed by atoms with Crippen molar-refractivity contribution >= 4 is 23.5 Å². The molecule has 3 rings (SSSR count). The average molecular weight is 254 g/mol. The van der Waals surface area contributed by atoms with Gasteiger partial charge in [-0.05, 0) is 26.0 Å². The minimum absolute atomic E-state index is 0.481. The summed E-state index contributed by atoms with van der Waals surface area (Å²) in [5, 5.41) is 0.983. The van der Waals surface area contributed by atoms with Crippen molar-refractivity contribution in [1.29, 1.82) is 0 Å². The van der Waals surface area contributed by atoms with E-state index < -0.39 is 0 Å². The van der Waals surface area contributed by atoms with Gasteiger partial charge in [0, 0.05) is 15.4 Å². The van der Waals surface area contributed by atoms with Crippen molar-refractivity contribution in [3.8, 4) is 11.5 Å². The van der Waals surface area contributed by atoms with Crippen molar-refractivity contribution in [2.24, 2.45) is 0 Å². The van der Waals surface area contributed by atoms with E-state index in [4.69, 9.17) is 9.47 Å². The van der Waals surface area contributed by atoms with Crippen LogP contribution in [-0.4, -0.2) is 23.7 Å². The Kier molecular flexibility index (Phi) is 2.72. The van der Waals surface area contributed by atoms with E-state index in [0.717, 1.165) is 24.7 Å². The maximum absolute atomic E-state index is 5.89. The molecule has 0 amide bonds. The van der Waals surface area contributed by atoms with Gasteiger partial charge in [-0.3, -0.25) is 0 Å². The molecule has 2 unspecified atom stereocenters. The first-order chi connectivity index (χ1) is 7.74. The molecule has 0 spiro atoms. The summed E-state index contributed by atoms with van der Waals surface area (Å²) in [6.07, 6.45) is 0. The highest BCUT2D eigenvalue weighted by molar-refractivity contribution is 8.03. The second-order valence-electron chi connectivity index (χ2n) is 4.20. The first-order valence-corrected chi connectivity index (χ1v) is 7.26. The van der Waals surface area contributed by atoms with Gasteiger partial charge in [-0.25, -0.2) is 0 Å². The standard InChI is InChI=1S/C12H14O2S2/c1-7-6-14-11-9-3-4-10(15-7)12(11)16-8(2)5-13-9/h3-4,7-8H,5-6H2,1-2H3. The molecule has 4 bridgehead atoms. The Hall–Kier alpha value is -0.480. The van der Waals surface area contributed by atoms with Gasteiger partial charge in [-0.15, -0.1) is 23.5 Å². The highest BCUT2D eigenvalue weighted by atomic mass is 32.2. The van der Waals surface area contributed by atoms with Crippen LogP contribution in [0.25, 0.3) is 0 Å². The van der Waals surface area contributed by atoms with Crippen LogP contribution in [0, 0.1) is 0 Å². The van der Waals surface area contributed by atoms with Crippen LogP contribution in [0.1, 0.15) is 13.8 Å². The SMILES string of the molecule is CC1COc2c3ccc(c2SC(C)CO3)S1. The van der Waals surface area contributed by atoms with Gasteiger partial charge in [0.1, 0.15) is 13.2 Å². The second-order valence-corrected chi connectivity index (χ2v) is 7.13. The highest BCUT2D eigenvalue weighted by Gasteiger charge is 2.27. The maximum atomic E-state index is 5.89. The van der Waals surface area contributed by atoms with E-state index >= 15 is 0 Å². The van der Waals surface area contributed by atoms with Crippen molar-refractivity contribution in [2.75, 3.05) is 13.2 Å². The third-order valence-corrected chi connectivity index (χ3v) is 5.06. The number of ether oxygens (including phenoxy) is 2. The smallest absolute Gasteiger partial charge is 0.175 e. The molecule has 0 radical (unpaired) electrons. The predicted octanol–water partition coefficient (Wildman–Crippen LogP) is 3.43. The molecule has 0 saturated heterocycles. The lowest BCUT2D eigenvalue weighted by Gasteiger charge is -2.10. The van der Waals surface area contributed by atoms with Gasteiger partial charge in [0.25, 0.3) is 0 Å². The fourth-order valence-corrected chi connectivity index (χ4v) is 4.07. The Labute approximate surface area is 104 Å². The molecule has 1 aromatic carbocycles. The third kappa shape index (κ3) is 1.78. The van der Waals surface area contributed by atoms with Crippen LogP contribution in [0.15, 0.2) is 21.9 Å². The molecule has 2 aliphatic heterocycles. The zero-order chi connectivity index (χ0) is 11.1. The molecule has 16 heavy (non-hydrogen) atoms. The Morgan fingerprint density at radius 3 is 2.69 bits per heavy atom. The van der Waals surface area contributed by atoms with Crippen molar-refractivity contribution < 1.29 is 9.47 Å². The highest BCUT2D eigenvalue weighted by Crippen LogP contribution is 2.50. The predicted molar refractivity (Wildman–Crippen MR) is 68.1 cm³/mol. The van der Waals surface area contributed by atoms with Gasteiger partial charge in [0.15, 0.2) is 11.5 Å². The van der Waals surface area contributed by atoms with Gasteiger partial charge in [0.05, 0.1) is 4.90 Å². The molecule has 0 aliphatic carbocycles. The molecular formula is C12H14O2S2. The van der Waals surface area contributed by atoms with Crippen molar-refractivity contribution in [3.05, 3.63) is 12.1 Å². The van der Waals surface area contributed by atoms with Gasteiger partial charge >= 0.3 is 0 Å². The molecule has 86 valence electrons. The summed E-state index contributed by atoms with van der Waals surface area (Å²) in [5.74, 6) is 1.87. The summed E-state index contributed by atoms with van der Waals surface area (Å²) in [6, 6.07) is 4.20. The van der Waals surface area contributed by atoms with Crippen LogP contribution in [0.4, 0.5) is 0 Å². The van der Waals surface area contributed by atoms with E-state index in [2.05, 4.69) is 19.9 Å². The third-order valence-electron chi connectivity index (χ3n) is 2.62. The lowest BCUT2D eigenvalue weighted by molar-refractivity contribution is 0.272. The van der Waals surface area contributed by atoms with E-state index in [0.29, 0.717) is 10.5 Å². The molecule has 2 aliphatic rings. The number of benzene rings is 1. The second kappa shape index (κ2) is 4.08. The molecule has 0 saturated carbocycles. The Balaban J connectivity index is 2.12. The van der Waals surface area contributed by atoms with Crippen LogP contribution < -0.4 is 9.47 Å². The molecule has 0 fully saturated rings. The average Bonchev–Trinajstić information content (AvgIpc) is 2.41. The Morgan fingerprint density at radius 1 is 1.06 bits per heavy atom. The summed E-state index contributed by atoms with van der Waals surface area (Å²) < 4.78 is 11.7. The van der Waals surface area contributed by atoms with E-state index in [-0.39, 0.29) is 0 Å². The Morgan fingerprint density at radius 2 is 1.81 bits per heavy atom. The molecular weight excluding hydrogens is 240 g/mol. The molecule has 0 N–H and O–H groups in total. The number of hydrogen-bond acceptors (Lipinski definition) is 4. The first-order valence-electron chi connectivity index (χ1n) is 5.50. The summed E-state index contributed by atoms with van der Waals surface area (Å²) in [6.45, 7) is 5.91. The molecule has 4 heteroatoms. The first kappa shape index (κ1) is 10.7. The minimum Gasteiger partial charge on any atom is -0.488 e. The summed E-state index contributed by atoms with van der Waals surface area (Å²) in [7, 11) is 0. The molecule has 2 atom stereocenters. The monoisotopic (exact) mass is 254 g/mol. The maximum Gasteiger partial charge on any atom is 0.175 e. The lowest BCUT2D eigenvalue weighted by atomic mass is 10.3. The summed E-state index contributed by atoms with van der Waals surface area (Å²) in [5.41, 5.74) is 0. The summed E-state index contributed by atoms with van der Waals surface area (Å²) in [4.78, 5) is 2.61. The topological polar surface area (TPSA) is 18.5 Å². The summed E-state index contributed by atoms with van der Waals surface area (Å²) >= 11 is 3.77. The van der Waals surface area contributed by atoms with Gasteiger partial charge in [-0.1, -0.05) is 0 Å². The normalized spacial score (nSPS) is 27.4. The van der Waals surface area contributed by atoms with Crippen molar-refractivity contribution in [1.82, 2.24) is 0 Å². The Bertz CT molecular complexity index is 420. The van der Waals surface area contributed by atoms with Gasteiger partial charge in [0.2, 0.25) is 0 Å². The van der Waals surface area contributed by atoms with E-state index in [1.165, 1.54) is 9.79 Å². The van der Waals surface area contributed by atoms with Crippen LogP contribution in [0.5, 0.6) is 11.5 Å². The number of hydrogen-bond donors (Lipinski definition) is 0. The quantitative estimate of drug-likeness (QED) is 0.705. The van der Waals surface area contributed by atoms with Gasteiger partial charge < -0.3 is 9.47 Å². The molecule has 1 aromatic rings. The molecule has 2 heterocycles. The molecule has 0 aromatic heterocycles. The number of thioether (sulfide) groups is 2.